The summed E-state index contributed by atoms with van der Waals surface area (Å²) in [5.41, 5.74) is 0.215. The minimum Gasteiger partial charge on any atom is -0.488 e. The van der Waals surface area contributed by atoms with E-state index in [1.807, 2.05) is 14.0 Å². The van der Waals surface area contributed by atoms with Crippen LogP contribution >= 0.6 is 22.9 Å². The Kier molecular flexibility index (Phi) is 6.75. The van der Waals surface area contributed by atoms with E-state index >= 15 is 0 Å². The molecule has 2 N–H and O–H groups in total. The van der Waals surface area contributed by atoms with Crippen LogP contribution in [-0.4, -0.2) is 47.5 Å². The van der Waals surface area contributed by atoms with Crippen molar-refractivity contribution in [3.63, 3.8) is 0 Å². The second-order valence-electron chi connectivity index (χ2n) is 6.26. The number of aryl methyl sites for hydroxylation is 1. The monoisotopic (exact) mass is 453 g/mol. The van der Waals surface area contributed by atoms with Crippen molar-refractivity contribution in [3.8, 4) is 16.5 Å². The van der Waals surface area contributed by atoms with Gasteiger partial charge in [-0.3, -0.25) is 10.1 Å². The molecule has 3 aromatic heterocycles. The highest BCUT2D eigenvalue weighted by Crippen LogP contribution is 2.32. The van der Waals surface area contributed by atoms with E-state index in [0.717, 1.165) is 11.3 Å². The first-order valence-corrected chi connectivity index (χ1v) is 9.98. The molecule has 30 heavy (non-hydrogen) atoms. The zero-order chi connectivity index (χ0) is 21.8. The van der Waals surface area contributed by atoms with Crippen LogP contribution in [0.5, 0.6) is 5.75 Å². The maximum absolute atomic E-state index is 12.6. The maximum atomic E-state index is 12.6. The van der Waals surface area contributed by atoms with Crippen LogP contribution in [0.3, 0.4) is 0 Å². The van der Waals surface area contributed by atoms with E-state index < -0.39 is 11.5 Å². The molecule has 12 heteroatoms. The molecular weight excluding hydrogens is 434 g/mol. The third kappa shape index (κ3) is 4.64. The van der Waals surface area contributed by atoms with Crippen molar-refractivity contribution >= 4 is 39.7 Å². The number of anilines is 2. The third-order valence-electron chi connectivity index (χ3n) is 4.19. The van der Waals surface area contributed by atoms with E-state index in [4.69, 9.17) is 25.5 Å². The standard InChI is InChI=1S/C18H20ClN5O5S/c1-9(27-3)8-20-11-7-12(29-17(26)14(11)28-4)15(25)21-18-23-22-16(30-18)13-10(19)5-6-24(13)2/h5-7,9,20H,8H2,1-4H3,(H,21,23,25)/t9-/m0/s1. The number of nitrogens with zero attached hydrogens (tertiary/aromatic N) is 3. The van der Waals surface area contributed by atoms with Crippen LogP contribution in [0.15, 0.2) is 27.5 Å². The number of methoxy groups -OCH3 is 2. The van der Waals surface area contributed by atoms with Crippen LogP contribution in [0.25, 0.3) is 10.7 Å². The molecule has 3 rings (SSSR count). The first-order chi connectivity index (χ1) is 14.3. The highest BCUT2D eigenvalue weighted by Gasteiger charge is 2.20. The Morgan fingerprint density at radius 1 is 1.40 bits per heavy atom. The van der Waals surface area contributed by atoms with Gasteiger partial charge in [-0.15, -0.1) is 10.2 Å². The van der Waals surface area contributed by atoms with Gasteiger partial charge < -0.3 is 23.8 Å². The van der Waals surface area contributed by atoms with Crippen LogP contribution in [0.1, 0.15) is 17.5 Å². The molecule has 1 amide bonds. The van der Waals surface area contributed by atoms with Gasteiger partial charge in [0.15, 0.2) is 10.8 Å². The third-order valence-corrected chi connectivity index (χ3v) is 5.34. The van der Waals surface area contributed by atoms with E-state index in [-0.39, 0.29) is 22.7 Å². The Hall–Kier alpha value is -2.89. The van der Waals surface area contributed by atoms with E-state index in [0.29, 0.717) is 28.0 Å². The Labute approximate surface area is 180 Å². The largest absolute Gasteiger partial charge is 0.488 e. The molecule has 3 aromatic rings. The molecule has 0 saturated heterocycles. The molecule has 1 atom stereocenters. The lowest BCUT2D eigenvalue weighted by Gasteiger charge is -2.14. The van der Waals surface area contributed by atoms with E-state index in [9.17, 15) is 9.59 Å². The molecular formula is C18H20ClN5O5S. The van der Waals surface area contributed by atoms with Gasteiger partial charge >= 0.3 is 5.63 Å². The summed E-state index contributed by atoms with van der Waals surface area (Å²) in [5, 5.41) is 14.9. The Morgan fingerprint density at radius 3 is 2.80 bits per heavy atom. The lowest BCUT2D eigenvalue weighted by molar-refractivity contribution is 0.0991. The molecule has 0 radical (unpaired) electrons. The van der Waals surface area contributed by atoms with Gasteiger partial charge in [0, 0.05) is 33.0 Å². The molecule has 0 aromatic carbocycles. The minimum atomic E-state index is -0.786. The number of halogens is 1. The van der Waals surface area contributed by atoms with Gasteiger partial charge in [0.2, 0.25) is 10.9 Å². The molecule has 0 unspecified atom stereocenters. The molecule has 10 nitrogen and oxygen atoms in total. The number of amides is 1. The molecule has 3 heterocycles. The van der Waals surface area contributed by atoms with Crippen LogP contribution in [-0.2, 0) is 11.8 Å². The second kappa shape index (κ2) is 9.28. The summed E-state index contributed by atoms with van der Waals surface area (Å²) in [7, 11) is 4.74. The SMILES string of the molecule is COc1c(NC[C@H](C)OC)cc(C(=O)Nc2nnc(-c3c(Cl)ccn3C)s2)oc1=O. The summed E-state index contributed by atoms with van der Waals surface area (Å²) in [6.45, 7) is 2.25. The number of carbonyl (C=O) groups excluding carboxylic acids is 1. The van der Waals surface area contributed by atoms with Crippen molar-refractivity contribution in [2.24, 2.45) is 7.05 Å². The van der Waals surface area contributed by atoms with Crippen molar-refractivity contribution < 1.29 is 18.7 Å². The van der Waals surface area contributed by atoms with Crippen molar-refractivity contribution in [1.82, 2.24) is 14.8 Å². The molecule has 0 spiro atoms. The van der Waals surface area contributed by atoms with Crippen LogP contribution in [0.2, 0.25) is 5.02 Å². The van der Waals surface area contributed by atoms with E-state index in [2.05, 4.69) is 20.8 Å². The van der Waals surface area contributed by atoms with Gasteiger partial charge in [-0.2, -0.15) is 0 Å². The average molecular weight is 454 g/mol. The Morgan fingerprint density at radius 2 is 2.17 bits per heavy atom. The molecule has 0 bridgehead atoms. The van der Waals surface area contributed by atoms with E-state index in [1.54, 1.807) is 23.9 Å². The van der Waals surface area contributed by atoms with E-state index in [1.165, 1.54) is 13.2 Å². The Balaban J connectivity index is 1.82. The number of hydrogen-bond donors (Lipinski definition) is 2. The fourth-order valence-electron chi connectivity index (χ4n) is 2.54. The van der Waals surface area contributed by atoms with Crippen molar-refractivity contribution in [2.75, 3.05) is 31.4 Å². The molecule has 0 fully saturated rings. The smallest absolute Gasteiger partial charge is 0.381 e. The predicted molar refractivity (Wildman–Crippen MR) is 114 cm³/mol. The Bertz CT molecular complexity index is 1090. The van der Waals surface area contributed by atoms with Gasteiger partial charge in [0.05, 0.1) is 29.6 Å². The molecule has 0 aliphatic carbocycles. The highest BCUT2D eigenvalue weighted by molar-refractivity contribution is 7.18. The summed E-state index contributed by atoms with van der Waals surface area (Å²) < 4.78 is 17.2. The number of rotatable bonds is 8. The molecule has 0 aliphatic rings. The number of aromatic nitrogens is 3. The fraction of sp³-hybridized carbons (Fsp3) is 0.333. The first-order valence-electron chi connectivity index (χ1n) is 8.78. The number of nitrogens with one attached hydrogen (secondary N) is 2. The quantitative estimate of drug-likeness (QED) is 0.534. The lowest BCUT2D eigenvalue weighted by Crippen LogP contribution is -2.21. The van der Waals surface area contributed by atoms with Gasteiger partial charge in [-0.1, -0.05) is 22.9 Å². The van der Waals surface area contributed by atoms with Gasteiger partial charge in [0.1, 0.15) is 0 Å². The molecule has 0 aliphatic heterocycles. The zero-order valence-electron chi connectivity index (χ0n) is 16.7. The van der Waals surface area contributed by atoms with Crippen LogP contribution < -0.4 is 21.0 Å². The van der Waals surface area contributed by atoms with Gasteiger partial charge in [-0.25, -0.2) is 4.79 Å². The summed E-state index contributed by atoms with van der Waals surface area (Å²) in [4.78, 5) is 24.8. The van der Waals surface area contributed by atoms with Crippen molar-refractivity contribution in [3.05, 3.63) is 39.5 Å². The predicted octanol–water partition coefficient (Wildman–Crippen LogP) is 2.86. The van der Waals surface area contributed by atoms with Crippen molar-refractivity contribution in [1.29, 1.82) is 0 Å². The maximum Gasteiger partial charge on any atom is 0.381 e. The van der Waals surface area contributed by atoms with Gasteiger partial charge in [-0.05, 0) is 13.0 Å². The first kappa shape index (κ1) is 21.8. The topological polar surface area (TPSA) is 121 Å². The van der Waals surface area contributed by atoms with Crippen molar-refractivity contribution in [2.45, 2.75) is 13.0 Å². The zero-order valence-corrected chi connectivity index (χ0v) is 18.3. The van der Waals surface area contributed by atoms with Gasteiger partial charge in [0.25, 0.3) is 5.91 Å². The summed E-state index contributed by atoms with van der Waals surface area (Å²) >= 11 is 7.31. The molecule has 160 valence electrons. The summed E-state index contributed by atoms with van der Waals surface area (Å²) in [6.07, 6.45) is 1.67. The van der Waals surface area contributed by atoms with Crippen LogP contribution in [0, 0.1) is 0 Å². The normalized spacial score (nSPS) is 11.9. The fourth-order valence-corrected chi connectivity index (χ4v) is 3.71. The number of ether oxygens (including phenoxy) is 2. The van der Waals surface area contributed by atoms with Crippen LogP contribution in [0.4, 0.5) is 10.8 Å². The summed E-state index contributed by atoms with van der Waals surface area (Å²) in [6, 6.07) is 3.12. The molecule has 0 saturated carbocycles. The average Bonchev–Trinajstić information content (AvgIpc) is 3.31. The number of carbonyl (C=O) groups is 1. The lowest BCUT2D eigenvalue weighted by atomic mass is 10.3. The highest BCUT2D eigenvalue weighted by atomic mass is 35.5. The minimum absolute atomic E-state index is 0.0357. The second-order valence-corrected chi connectivity index (χ2v) is 7.65. The summed E-state index contributed by atoms with van der Waals surface area (Å²) in [5.74, 6) is -0.897. The number of hydrogen-bond acceptors (Lipinski definition) is 9.